The molecule has 0 spiro atoms. The van der Waals surface area contributed by atoms with Crippen LogP contribution < -0.4 is 20.7 Å². The molecule has 1 atom stereocenters. The molecule has 2 rings (SSSR count). The molecule has 0 saturated carbocycles. The Labute approximate surface area is 202 Å². The van der Waals surface area contributed by atoms with Crippen molar-refractivity contribution in [1.29, 1.82) is 0 Å². The second kappa shape index (κ2) is 13.2. The predicted octanol–water partition coefficient (Wildman–Crippen LogP) is 2.47. The minimum atomic E-state index is -0.130. The third-order valence-electron chi connectivity index (χ3n) is 4.93. The number of guanidine groups is 1. The van der Waals surface area contributed by atoms with Gasteiger partial charge in [-0.25, -0.2) is 4.99 Å². The maximum Gasteiger partial charge on any atom is 0.242 e. The van der Waals surface area contributed by atoms with Crippen molar-refractivity contribution in [1.82, 2.24) is 25.7 Å². The first kappa shape index (κ1) is 26.7. The summed E-state index contributed by atoms with van der Waals surface area (Å²) in [7, 11) is 3.59. The summed E-state index contributed by atoms with van der Waals surface area (Å²) in [4.78, 5) is 16.6. The molecule has 0 aliphatic carbocycles. The zero-order chi connectivity index (χ0) is 22.1. The third kappa shape index (κ3) is 8.39. The number of rotatable bonds is 9. The van der Waals surface area contributed by atoms with Crippen LogP contribution >= 0.6 is 24.0 Å². The molecule has 1 aromatic heterocycles. The Morgan fingerprint density at radius 2 is 1.90 bits per heavy atom. The lowest BCUT2D eigenvalue weighted by atomic mass is 10.1. The fourth-order valence-electron chi connectivity index (χ4n) is 3.17. The standard InChI is InChI=1S/C22H34N6O2.HI/c1-7-23-22(26-15(2)12-20-16(3)27-28(5)17(20)4)25-14-21(29)24-13-18-8-10-19(30-6)11-9-18;/h8-11,15H,7,12-14H2,1-6H3,(H,24,29)(H2,23,25,26);1H. The van der Waals surface area contributed by atoms with Crippen LogP contribution in [0.2, 0.25) is 0 Å². The van der Waals surface area contributed by atoms with Gasteiger partial charge in [0.2, 0.25) is 5.91 Å². The van der Waals surface area contributed by atoms with Gasteiger partial charge in [0.25, 0.3) is 0 Å². The van der Waals surface area contributed by atoms with Gasteiger partial charge in [0.05, 0.1) is 12.8 Å². The normalized spacial score (nSPS) is 12.0. The van der Waals surface area contributed by atoms with E-state index in [0.29, 0.717) is 12.5 Å². The maximum absolute atomic E-state index is 12.2. The van der Waals surface area contributed by atoms with Gasteiger partial charge in [0, 0.05) is 31.9 Å². The molecule has 0 bridgehead atoms. The minimum absolute atomic E-state index is 0. The number of carbonyl (C=O) groups is 1. The topological polar surface area (TPSA) is 92.6 Å². The highest BCUT2D eigenvalue weighted by Crippen LogP contribution is 2.14. The van der Waals surface area contributed by atoms with Crippen LogP contribution in [0.25, 0.3) is 0 Å². The zero-order valence-electron chi connectivity index (χ0n) is 19.3. The van der Waals surface area contributed by atoms with Gasteiger partial charge >= 0.3 is 0 Å². The maximum atomic E-state index is 12.2. The van der Waals surface area contributed by atoms with E-state index in [1.807, 2.05) is 49.8 Å². The number of ether oxygens (including phenoxy) is 1. The summed E-state index contributed by atoms with van der Waals surface area (Å²) >= 11 is 0. The molecule has 172 valence electrons. The van der Waals surface area contributed by atoms with Crippen molar-refractivity contribution in [3.8, 4) is 5.75 Å². The molecule has 9 heteroatoms. The van der Waals surface area contributed by atoms with Crippen LogP contribution in [0.15, 0.2) is 29.3 Å². The first-order chi connectivity index (χ1) is 14.3. The van der Waals surface area contributed by atoms with Crippen LogP contribution in [0.5, 0.6) is 5.75 Å². The summed E-state index contributed by atoms with van der Waals surface area (Å²) in [6.45, 7) is 9.44. The van der Waals surface area contributed by atoms with E-state index in [1.54, 1.807) is 7.11 Å². The second-order valence-electron chi connectivity index (χ2n) is 7.34. The van der Waals surface area contributed by atoms with E-state index in [4.69, 9.17) is 4.74 Å². The van der Waals surface area contributed by atoms with Crippen LogP contribution in [0.4, 0.5) is 0 Å². The highest BCUT2D eigenvalue weighted by Gasteiger charge is 2.14. The van der Waals surface area contributed by atoms with E-state index in [2.05, 4.69) is 39.9 Å². The molecule has 0 saturated heterocycles. The summed E-state index contributed by atoms with van der Waals surface area (Å²) in [5.74, 6) is 1.29. The summed E-state index contributed by atoms with van der Waals surface area (Å²) in [5.41, 5.74) is 4.46. The van der Waals surface area contributed by atoms with Gasteiger partial charge in [-0.1, -0.05) is 12.1 Å². The molecule has 1 amide bonds. The van der Waals surface area contributed by atoms with E-state index in [1.165, 1.54) is 11.3 Å². The Kier molecular flexibility index (Phi) is 11.4. The van der Waals surface area contributed by atoms with Crippen LogP contribution in [0, 0.1) is 13.8 Å². The number of nitrogens with zero attached hydrogens (tertiary/aromatic N) is 3. The number of nitrogens with one attached hydrogen (secondary N) is 3. The molecule has 1 aromatic carbocycles. The quantitative estimate of drug-likeness (QED) is 0.257. The van der Waals surface area contributed by atoms with Crippen molar-refractivity contribution in [2.24, 2.45) is 12.0 Å². The molecule has 0 fully saturated rings. The van der Waals surface area contributed by atoms with Gasteiger partial charge in [0.15, 0.2) is 5.96 Å². The molecular weight excluding hydrogens is 507 g/mol. The van der Waals surface area contributed by atoms with Gasteiger partial charge < -0.3 is 20.7 Å². The van der Waals surface area contributed by atoms with E-state index < -0.39 is 0 Å². The van der Waals surface area contributed by atoms with Crippen molar-refractivity contribution in [3.63, 3.8) is 0 Å². The Morgan fingerprint density at radius 1 is 1.23 bits per heavy atom. The van der Waals surface area contributed by atoms with Gasteiger partial charge in [-0.15, -0.1) is 24.0 Å². The molecule has 1 heterocycles. The molecule has 1 unspecified atom stereocenters. The number of aliphatic imine (C=N–C) groups is 1. The Bertz CT molecular complexity index is 864. The van der Waals surface area contributed by atoms with Gasteiger partial charge in [-0.3, -0.25) is 9.48 Å². The number of hydrogen-bond acceptors (Lipinski definition) is 4. The van der Waals surface area contributed by atoms with E-state index >= 15 is 0 Å². The van der Waals surface area contributed by atoms with Crippen LogP contribution in [-0.4, -0.2) is 47.9 Å². The average molecular weight is 542 g/mol. The highest BCUT2D eigenvalue weighted by atomic mass is 127. The number of benzene rings is 1. The van der Waals surface area contributed by atoms with Crippen molar-refractivity contribution < 1.29 is 9.53 Å². The number of aryl methyl sites for hydroxylation is 2. The monoisotopic (exact) mass is 542 g/mol. The average Bonchev–Trinajstić information content (AvgIpc) is 2.97. The number of methoxy groups -OCH3 is 1. The van der Waals surface area contributed by atoms with Crippen molar-refractivity contribution in [3.05, 3.63) is 46.8 Å². The van der Waals surface area contributed by atoms with Crippen molar-refractivity contribution in [2.75, 3.05) is 20.2 Å². The fraction of sp³-hybridized carbons (Fsp3) is 0.500. The predicted molar refractivity (Wildman–Crippen MR) is 135 cm³/mol. The fourth-order valence-corrected chi connectivity index (χ4v) is 3.17. The number of carbonyl (C=O) groups excluding carboxylic acids is 1. The largest absolute Gasteiger partial charge is 0.497 e. The van der Waals surface area contributed by atoms with Crippen molar-refractivity contribution >= 4 is 35.8 Å². The Morgan fingerprint density at radius 3 is 2.45 bits per heavy atom. The van der Waals surface area contributed by atoms with E-state index in [-0.39, 0.29) is 42.5 Å². The van der Waals surface area contributed by atoms with Crippen LogP contribution in [-0.2, 0) is 24.8 Å². The molecule has 0 aliphatic heterocycles. The number of halogens is 1. The Hall–Kier alpha value is -2.30. The number of amides is 1. The van der Waals surface area contributed by atoms with Gasteiger partial charge in [-0.05, 0) is 57.4 Å². The lowest BCUT2D eigenvalue weighted by Gasteiger charge is -2.18. The molecule has 3 N–H and O–H groups in total. The van der Waals surface area contributed by atoms with Crippen LogP contribution in [0.3, 0.4) is 0 Å². The molecule has 0 aliphatic rings. The highest BCUT2D eigenvalue weighted by molar-refractivity contribution is 14.0. The van der Waals surface area contributed by atoms with Gasteiger partial charge in [-0.2, -0.15) is 5.10 Å². The summed E-state index contributed by atoms with van der Waals surface area (Å²) in [6.07, 6.45) is 0.833. The minimum Gasteiger partial charge on any atom is -0.497 e. The third-order valence-corrected chi connectivity index (χ3v) is 4.93. The SMILES string of the molecule is CCNC(=NCC(=O)NCc1ccc(OC)cc1)NC(C)Cc1c(C)nn(C)c1C.I. The molecule has 2 aromatic rings. The molecule has 0 radical (unpaired) electrons. The summed E-state index contributed by atoms with van der Waals surface area (Å²) < 4.78 is 7.05. The molecular formula is C22H35IN6O2. The summed E-state index contributed by atoms with van der Waals surface area (Å²) in [6, 6.07) is 7.75. The second-order valence-corrected chi connectivity index (χ2v) is 7.34. The summed E-state index contributed by atoms with van der Waals surface area (Å²) in [5, 5.41) is 13.9. The Balaban J connectivity index is 0.00000480. The number of hydrogen-bond donors (Lipinski definition) is 3. The molecule has 8 nitrogen and oxygen atoms in total. The van der Waals surface area contributed by atoms with Crippen LogP contribution in [0.1, 0.15) is 36.4 Å². The van der Waals surface area contributed by atoms with E-state index in [9.17, 15) is 4.79 Å². The smallest absolute Gasteiger partial charge is 0.242 e. The lowest BCUT2D eigenvalue weighted by Crippen LogP contribution is -2.43. The first-order valence-electron chi connectivity index (χ1n) is 10.3. The van der Waals surface area contributed by atoms with Crippen molar-refractivity contribution in [2.45, 2.75) is 46.7 Å². The first-order valence-corrected chi connectivity index (χ1v) is 10.3. The number of aromatic nitrogens is 2. The lowest BCUT2D eigenvalue weighted by molar-refractivity contribution is -0.119. The van der Waals surface area contributed by atoms with Gasteiger partial charge in [0.1, 0.15) is 12.3 Å². The zero-order valence-corrected chi connectivity index (χ0v) is 21.6. The van der Waals surface area contributed by atoms with E-state index in [0.717, 1.165) is 30.0 Å². The molecule has 31 heavy (non-hydrogen) atoms.